The van der Waals surface area contributed by atoms with Gasteiger partial charge >= 0.3 is 0 Å². The summed E-state index contributed by atoms with van der Waals surface area (Å²) in [7, 11) is 0. The standard InChI is InChI=1S/C30H40FN3O/c1-23-5-3-6-25(19-23)21-32-17-12-30(31,13-18-32)29(35)33-15-10-28(11-16-33)34-14-4-7-26-20-24(2)8-9-27(26)22-34/h3,5-6,8-9,19-20,28H,4,7,10-18,21-22H2,1-2H3. The van der Waals surface area contributed by atoms with Gasteiger partial charge in [-0.2, -0.15) is 0 Å². The first-order chi connectivity index (χ1) is 16.9. The van der Waals surface area contributed by atoms with Crippen LogP contribution >= 0.6 is 0 Å². The van der Waals surface area contributed by atoms with Gasteiger partial charge in [0.1, 0.15) is 0 Å². The van der Waals surface area contributed by atoms with E-state index in [4.69, 9.17) is 0 Å². The number of nitrogens with zero attached hydrogens (tertiary/aromatic N) is 3. The van der Waals surface area contributed by atoms with Gasteiger partial charge in [-0.1, -0.05) is 53.6 Å². The molecule has 3 aliphatic rings. The molecule has 3 heterocycles. The second-order valence-corrected chi connectivity index (χ2v) is 11.1. The molecule has 35 heavy (non-hydrogen) atoms. The number of piperidine rings is 2. The van der Waals surface area contributed by atoms with Crippen LogP contribution < -0.4 is 0 Å². The zero-order chi connectivity index (χ0) is 24.4. The van der Waals surface area contributed by atoms with Crippen LogP contribution in [0.25, 0.3) is 0 Å². The zero-order valence-corrected chi connectivity index (χ0v) is 21.4. The summed E-state index contributed by atoms with van der Waals surface area (Å²) in [5.74, 6) is -0.261. The molecule has 5 rings (SSSR count). The molecule has 0 saturated carbocycles. The first-order valence-electron chi connectivity index (χ1n) is 13.5. The van der Waals surface area contributed by atoms with Gasteiger partial charge in [0.25, 0.3) is 5.91 Å². The lowest BCUT2D eigenvalue weighted by Crippen LogP contribution is -2.55. The van der Waals surface area contributed by atoms with Gasteiger partial charge in [-0.3, -0.25) is 14.6 Å². The number of alkyl halides is 1. The van der Waals surface area contributed by atoms with Crippen LogP contribution in [-0.4, -0.2) is 65.0 Å². The minimum atomic E-state index is -1.70. The SMILES string of the molecule is Cc1cccc(CN2CCC(F)(C(=O)N3CCC(N4CCCc5cc(C)ccc5C4)CC3)CC2)c1. The Bertz CT molecular complexity index is 1040. The maximum atomic E-state index is 15.8. The van der Waals surface area contributed by atoms with Crippen LogP contribution in [0.1, 0.15) is 59.9 Å². The average Bonchev–Trinajstić information content (AvgIpc) is 3.07. The van der Waals surface area contributed by atoms with E-state index < -0.39 is 5.67 Å². The molecule has 0 radical (unpaired) electrons. The number of fused-ring (bicyclic) bond motifs is 1. The molecule has 2 aromatic carbocycles. The van der Waals surface area contributed by atoms with Gasteiger partial charge in [0, 0.05) is 58.2 Å². The lowest BCUT2D eigenvalue weighted by atomic mass is 9.90. The number of hydrogen-bond acceptors (Lipinski definition) is 3. The Morgan fingerprint density at radius 1 is 0.943 bits per heavy atom. The van der Waals surface area contributed by atoms with Gasteiger partial charge in [-0.15, -0.1) is 0 Å². The van der Waals surface area contributed by atoms with Crippen LogP contribution in [0.4, 0.5) is 4.39 Å². The van der Waals surface area contributed by atoms with E-state index in [1.807, 2.05) is 4.90 Å². The van der Waals surface area contributed by atoms with E-state index in [9.17, 15) is 4.79 Å². The van der Waals surface area contributed by atoms with Gasteiger partial charge < -0.3 is 4.90 Å². The quantitative estimate of drug-likeness (QED) is 0.617. The van der Waals surface area contributed by atoms with Gasteiger partial charge in [-0.05, 0) is 62.8 Å². The Morgan fingerprint density at radius 2 is 1.69 bits per heavy atom. The van der Waals surface area contributed by atoms with Crippen molar-refractivity contribution in [3.63, 3.8) is 0 Å². The number of benzene rings is 2. The highest BCUT2D eigenvalue weighted by molar-refractivity contribution is 5.85. The molecule has 2 fully saturated rings. The first kappa shape index (κ1) is 24.5. The predicted molar refractivity (Wildman–Crippen MR) is 139 cm³/mol. The van der Waals surface area contributed by atoms with Gasteiger partial charge in [0.2, 0.25) is 0 Å². The Labute approximate surface area is 210 Å². The molecule has 188 valence electrons. The molecule has 0 aromatic heterocycles. The van der Waals surface area contributed by atoms with Crippen molar-refractivity contribution in [3.05, 3.63) is 70.3 Å². The van der Waals surface area contributed by atoms with Crippen molar-refractivity contribution in [2.45, 2.75) is 77.2 Å². The highest BCUT2D eigenvalue weighted by Crippen LogP contribution is 2.32. The number of carbonyl (C=O) groups is 1. The second kappa shape index (κ2) is 10.4. The molecule has 4 nitrogen and oxygen atoms in total. The summed E-state index contributed by atoms with van der Waals surface area (Å²) in [5.41, 5.74) is 5.09. The summed E-state index contributed by atoms with van der Waals surface area (Å²) in [6, 6.07) is 15.8. The van der Waals surface area contributed by atoms with E-state index in [1.54, 1.807) is 0 Å². The van der Waals surface area contributed by atoms with Crippen LogP contribution in [0.5, 0.6) is 0 Å². The fraction of sp³-hybridized carbons (Fsp3) is 0.567. The second-order valence-electron chi connectivity index (χ2n) is 11.1. The molecule has 5 heteroatoms. The number of hydrogen-bond donors (Lipinski definition) is 0. The molecule has 0 bridgehead atoms. The summed E-state index contributed by atoms with van der Waals surface area (Å²) in [4.78, 5) is 19.9. The van der Waals surface area contributed by atoms with E-state index in [0.717, 1.165) is 38.9 Å². The summed E-state index contributed by atoms with van der Waals surface area (Å²) in [6.07, 6.45) is 4.84. The van der Waals surface area contributed by atoms with Crippen molar-refractivity contribution < 1.29 is 9.18 Å². The number of rotatable bonds is 4. The van der Waals surface area contributed by atoms with E-state index in [0.29, 0.717) is 45.1 Å². The molecule has 0 unspecified atom stereocenters. The number of amides is 1. The van der Waals surface area contributed by atoms with Crippen molar-refractivity contribution in [2.24, 2.45) is 0 Å². The monoisotopic (exact) mass is 477 g/mol. The molecular weight excluding hydrogens is 437 g/mol. The minimum Gasteiger partial charge on any atom is -0.340 e. The van der Waals surface area contributed by atoms with Crippen molar-refractivity contribution in [3.8, 4) is 0 Å². The third kappa shape index (κ3) is 5.62. The maximum Gasteiger partial charge on any atom is 0.260 e. The molecule has 2 aromatic rings. The molecule has 3 aliphatic heterocycles. The predicted octanol–water partition coefficient (Wildman–Crippen LogP) is 5.05. The molecule has 0 N–H and O–H groups in total. The lowest BCUT2D eigenvalue weighted by Gasteiger charge is -2.42. The normalized spacial score (nSPS) is 22.0. The third-order valence-electron chi connectivity index (χ3n) is 8.42. The molecule has 0 spiro atoms. The van der Waals surface area contributed by atoms with E-state index in [-0.39, 0.29) is 5.91 Å². The summed E-state index contributed by atoms with van der Waals surface area (Å²) in [5, 5.41) is 0. The average molecular weight is 478 g/mol. The molecule has 0 atom stereocenters. The summed E-state index contributed by atoms with van der Waals surface area (Å²) in [6.45, 7) is 9.84. The minimum absolute atomic E-state index is 0.261. The van der Waals surface area contributed by atoms with Crippen LogP contribution in [-0.2, 0) is 24.3 Å². The number of carbonyl (C=O) groups excluding carboxylic acids is 1. The molecular formula is C30H40FN3O. The van der Waals surface area contributed by atoms with E-state index >= 15 is 4.39 Å². The van der Waals surface area contributed by atoms with Gasteiger partial charge in [-0.25, -0.2) is 4.39 Å². The van der Waals surface area contributed by atoms with E-state index in [2.05, 4.69) is 66.1 Å². The fourth-order valence-electron chi connectivity index (χ4n) is 6.29. The maximum absolute atomic E-state index is 15.8. The van der Waals surface area contributed by atoms with Gasteiger partial charge in [0.15, 0.2) is 5.67 Å². The highest BCUT2D eigenvalue weighted by atomic mass is 19.1. The summed E-state index contributed by atoms with van der Waals surface area (Å²) < 4.78 is 15.8. The Hall–Kier alpha value is -2.24. The largest absolute Gasteiger partial charge is 0.340 e. The van der Waals surface area contributed by atoms with Crippen molar-refractivity contribution in [2.75, 3.05) is 32.7 Å². The Balaban J connectivity index is 1.12. The Kier molecular flexibility index (Phi) is 7.26. The van der Waals surface area contributed by atoms with Crippen LogP contribution in [0.2, 0.25) is 0 Å². The third-order valence-corrected chi connectivity index (χ3v) is 8.42. The first-order valence-corrected chi connectivity index (χ1v) is 13.5. The zero-order valence-electron chi connectivity index (χ0n) is 21.4. The van der Waals surface area contributed by atoms with Crippen LogP contribution in [0.3, 0.4) is 0 Å². The van der Waals surface area contributed by atoms with Crippen molar-refractivity contribution in [1.82, 2.24) is 14.7 Å². The van der Waals surface area contributed by atoms with Crippen molar-refractivity contribution >= 4 is 5.91 Å². The summed E-state index contributed by atoms with van der Waals surface area (Å²) >= 11 is 0. The number of halogens is 1. The highest BCUT2D eigenvalue weighted by Gasteiger charge is 2.45. The Morgan fingerprint density at radius 3 is 2.43 bits per heavy atom. The molecule has 2 saturated heterocycles. The molecule has 0 aliphatic carbocycles. The van der Waals surface area contributed by atoms with E-state index in [1.165, 1.54) is 34.2 Å². The van der Waals surface area contributed by atoms with Crippen molar-refractivity contribution in [1.29, 1.82) is 0 Å². The fourth-order valence-corrected chi connectivity index (χ4v) is 6.29. The van der Waals surface area contributed by atoms with Gasteiger partial charge in [0.05, 0.1) is 0 Å². The topological polar surface area (TPSA) is 26.8 Å². The lowest BCUT2D eigenvalue weighted by molar-refractivity contribution is -0.149. The smallest absolute Gasteiger partial charge is 0.260 e. The molecule has 1 amide bonds. The number of likely N-dealkylation sites (tertiary alicyclic amines) is 2. The number of aryl methyl sites for hydroxylation is 3. The van der Waals surface area contributed by atoms with Crippen LogP contribution in [0, 0.1) is 13.8 Å². The van der Waals surface area contributed by atoms with Crippen LogP contribution in [0.15, 0.2) is 42.5 Å².